The molecule has 0 aliphatic heterocycles. The molecule has 0 unspecified atom stereocenters. The van der Waals surface area contributed by atoms with Crippen molar-refractivity contribution in [3.63, 3.8) is 0 Å². The van der Waals surface area contributed by atoms with Gasteiger partial charge in [0.05, 0.1) is 31.5 Å². The maximum absolute atomic E-state index is 12.9. The molecular weight excluding hydrogens is 363 g/mol. The molecule has 0 fully saturated rings. The summed E-state index contributed by atoms with van der Waals surface area (Å²) in [5.41, 5.74) is 7.43. The minimum Gasteiger partial charge on any atom is -0.245 e. The molecule has 0 N–H and O–H groups in total. The van der Waals surface area contributed by atoms with Crippen molar-refractivity contribution in [2.75, 3.05) is 0 Å². The molecule has 0 amide bonds. The Morgan fingerprint density at radius 1 is 0.846 bits per heavy atom. The van der Waals surface area contributed by atoms with Crippen LogP contribution >= 0.6 is 22.7 Å². The Hall–Kier alpha value is -1.85. The SMILES string of the molecule is CC.CCC.Cc1cc2scnc2cc1F.Cc1ccc2scnc2c1. The number of aromatic nitrogens is 2. The molecule has 26 heavy (non-hydrogen) atoms. The van der Waals surface area contributed by atoms with Crippen molar-refractivity contribution < 1.29 is 4.39 Å². The van der Waals surface area contributed by atoms with Crippen LogP contribution in [0, 0.1) is 19.7 Å². The third-order valence-electron chi connectivity index (χ3n) is 3.10. The van der Waals surface area contributed by atoms with E-state index < -0.39 is 0 Å². The minimum atomic E-state index is -0.177. The second-order valence-electron chi connectivity index (χ2n) is 5.45. The molecule has 0 bridgehead atoms. The summed E-state index contributed by atoms with van der Waals surface area (Å²) < 4.78 is 15.2. The molecule has 0 spiro atoms. The zero-order valence-corrected chi connectivity index (χ0v) is 18.0. The predicted molar refractivity (Wildman–Crippen MR) is 116 cm³/mol. The van der Waals surface area contributed by atoms with E-state index in [1.165, 1.54) is 34.1 Å². The number of thiazole rings is 2. The maximum atomic E-state index is 12.9. The van der Waals surface area contributed by atoms with E-state index in [2.05, 4.69) is 48.9 Å². The molecule has 5 heteroatoms. The molecule has 0 atom stereocenters. The quantitative estimate of drug-likeness (QED) is 0.306. The lowest BCUT2D eigenvalue weighted by molar-refractivity contribution is 0.620. The summed E-state index contributed by atoms with van der Waals surface area (Å²) in [6.45, 7) is 12.1. The van der Waals surface area contributed by atoms with Gasteiger partial charge in [0.15, 0.2) is 0 Å². The Bertz CT molecular complexity index is 877. The Labute approximate surface area is 163 Å². The number of halogens is 1. The van der Waals surface area contributed by atoms with Crippen LogP contribution in [-0.4, -0.2) is 9.97 Å². The van der Waals surface area contributed by atoms with E-state index in [-0.39, 0.29) is 5.82 Å². The number of nitrogens with zero attached hydrogens (tertiary/aromatic N) is 2. The van der Waals surface area contributed by atoms with Crippen LogP contribution in [-0.2, 0) is 0 Å². The molecule has 4 aromatic rings. The zero-order valence-electron chi connectivity index (χ0n) is 16.3. The van der Waals surface area contributed by atoms with Crippen molar-refractivity contribution >= 4 is 43.1 Å². The summed E-state index contributed by atoms with van der Waals surface area (Å²) >= 11 is 3.22. The summed E-state index contributed by atoms with van der Waals surface area (Å²) in [6.07, 6.45) is 1.25. The summed E-state index contributed by atoms with van der Waals surface area (Å²) in [5, 5.41) is 0. The Balaban J connectivity index is 0.000000210. The lowest BCUT2D eigenvalue weighted by Gasteiger charge is -1.93. The highest BCUT2D eigenvalue weighted by atomic mass is 32.1. The van der Waals surface area contributed by atoms with Crippen molar-refractivity contribution in [1.29, 1.82) is 0 Å². The van der Waals surface area contributed by atoms with E-state index in [1.54, 1.807) is 23.8 Å². The second kappa shape index (κ2) is 11.7. The smallest absolute Gasteiger partial charge is 0.128 e. The van der Waals surface area contributed by atoms with Crippen molar-refractivity contribution in [1.82, 2.24) is 9.97 Å². The third-order valence-corrected chi connectivity index (χ3v) is 4.70. The fourth-order valence-electron chi connectivity index (χ4n) is 1.95. The summed E-state index contributed by atoms with van der Waals surface area (Å²) in [5.74, 6) is -0.177. The van der Waals surface area contributed by atoms with Gasteiger partial charge < -0.3 is 0 Å². The maximum Gasteiger partial charge on any atom is 0.128 e. The number of rotatable bonds is 0. The highest BCUT2D eigenvalue weighted by molar-refractivity contribution is 7.17. The third kappa shape index (κ3) is 6.46. The van der Waals surface area contributed by atoms with E-state index in [4.69, 9.17) is 0 Å². The van der Waals surface area contributed by atoms with Gasteiger partial charge in [0.2, 0.25) is 0 Å². The van der Waals surface area contributed by atoms with Crippen LogP contribution in [0.1, 0.15) is 45.2 Å². The monoisotopic (exact) mass is 390 g/mol. The number of benzene rings is 2. The van der Waals surface area contributed by atoms with Gasteiger partial charge >= 0.3 is 0 Å². The van der Waals surface area contributed by atoms with Gasteiger partial charge in [-0.1, -0.05) is 40.2 Å². The topological polar surface area (TPSA) is 25.8 Å². The van der Waals surface area contributed by atoms with Crippen LogP contribution in [0.2, 0.25) is 0 Å². The molecule has 0 aliphatic carbocycles. The van der Waals surface area contributed by atoms with Gasteiger partial charge in [-0.15, -0.1) is 22.7 Å². The highest BCUT2D eigenvalue weighted by Crippen LogP contribution is 2.21. The molecule has 2 aromatic carbocycles. The number of hydrogen-bond acceptors (Lipinski definition) is 4. The van der Waals surface area contributed by atoms with Gasteiger partial charge in [-0.3, -0.25) is 0 Å². The van der Waals surface area contributed by atoms with Crippen LogP contribution in [0.15, 0.2) is 41.4 Å². The Kier molecular flexibility index (Phi) is 9.99. The molecule has 2 heterocycles. The molecule has 0 radical (unpaired) electrons. The lowest BCUT2D eigenvalue weighted by Crippen LogP contribution is -1.79. The van der Waals surface area contributed by atoms with E-state index >= 15 is 0 Å². The first-order valence-corrected chi connectivity index (χ1v) is 10.6. The van der Waals surface area contributed by atoms with Crippen molar-refractivity contribution in [3.05, 3.63) is 58.3 Å². The van der Waals surface area contributed by atoms with Gasteiger partial charge in [0.1, 0.15) is 5.82 Å². The molecule has 0 saturated heterocycles. The van der Waals surface area contributed by atoms with Gasteiger partial charge in [-0.25, -0.2) is 14.4 Å². The fourth-order valence-corrected chi connectivity index (χ4v) is 3.36. The summed E-state index contributed by atoms with van der Waals surface area (Å²) in [6, 6.07) is 9.62. The predicted octanol–water partition coefficient (Wildman–Crippen LogP) is 7.79. The highest BCUT2D eigenvalue weighted by Gasteiger charge is 2.01. The zero-order chi connectivity index (χ0) is 19.5. The second-order valence-corrected chi connectivity index (χ2v) is 7.22. The van der Waals surface area contributed by atoms with Gasteiger partial charge in [0.25, 0.3) is 0 Å². The standard InChI is InChI=1S/C8H6FNS.C8H7NS.C3H8.C2H6/c1-5-2-8-7(3-6(5)9)10-4-11-8;1-6-2-3-8-7(4-6)9-5-10-8;1-3-2;1-2/h2-4H,1H3;2-5H,1H3;3H2,1-2H3;1-2H3. The largest absolute Gasteiger partial charge is 0.245 e. The minimum absolute atomic E-state index is 0.177. The molecule has 2 aromatic heterocycles. The first-order chi connectivity index (χ1) is 12.5. The molecule has 0 aliphatic rings. The average Bonchev–Trinajstić information content (AvgIpc) is 3.27. The van der Waals surface area contributed by atoms with Crippen LogP contribution in [0.25, 0.3) is 20.4 Å². The van der Waals surface area contributed by atoms with Gasteiger partial charge in [0, 0.05) is 6.07 Å². The normalized spacial score (nSPS) is 9.50. The Morgan fingerprint density at radius 3 is 2.00 bits per heavy atom. The summed E-state index contributed by atoms with van der Waals surface area (Å²) in [7, 11) is 0. The van der Waals surface area contributed by atoms with Crippen LogP contribution in [0.5, 0.6) is 0 Å². The summed E-state index contributed by atoms with van der Waals surface area (Å²) in [4.78, 5) is 8.20. The molecule has 2 nitrogen and oxygen atoms in total. The molecule has 0 saturated carbocycles. The van der Waals surface area contributed by atoms with Gasteiger partial charge in [-0.05, 0) is 43.2 Å². The van der Waals surface area contributed by atoms with E-state index in [9.17, 15) is 4.39 Å². The van der Waals surface area contributed by atoms with E-state index in [0.29, 0.717) is 5.56 Å². The average molecular weight is 391 g/mol. The van der Waals surface area contributed by atoms with Gasteiger partial charge in [-0.2, -0.15) is 0 Å². The molecule has 140 valence electrons. The fraction of sp³-hybridized carbons (Fsp3) is 0.333. The lowest BCUT2D eigenvalue weighted by atomic mass is 10.2. The van der Waals surface area contributed by atoms with Crippen molar-refractivity contribution in [2.45, 2.75) is 48.0 Å². The first kappa shape index (κ1) is 22.2. The van der Waals surface area contributed by atoms with Crippen molar-refractivity contribution in [2.24, 2.45) is 0 Å². The van der Waals surface area contributed by atoms with Crippen molar-refractivity contribution in [3.8, 4) is 0 Å². The molecule has 4 rings (SSSR count). The first-order valence-electron chi connectivity index (χ1n) is 8.84. The van der Waals surface area contributed by atoms with E-state index in [1.807, 2.05) is 25.4 Å². The number of aryl methyl sites for hydroxylation is 2. The number of hydrogen-bond donors (Lipinski definition) is 0. The number of fused-ring (bicyclic) bond motifs is 2. The van der Waals surface area contributed by atoms with Crippen LogP contribution < -0.4 is 0 Å². The van der Waals surface area contributed by atoms with Crippen LogP contribution in [0.4, 0.5) is 4.39 Å². The Morgan fingerprint density at radius 2 is 1.38 bits per heavy atom. The van der Waals surface area contributed by atoms with Crippen LogP contribution in [0.3, 0.4) is 0 Å². The molecular formula is C21H27FN2S2. The van der Waals surface area contributed by atoms with E-state index in [0.717, 1.165) is 15.7 Å².